The number of thiazole rings is 1. The Labute approximate surface area is 156 Å². The molecular weight excluding hydrogens is 346 g/mol. The Bertz CT molecular complexity index is 964. The first-order valence-corrected chi connectivity index (χ1v) is 8.99. The molecule has 5 nitrogen and oxygen atoms in total. The number of aromatic nitrogens is 1. The van der Waals surface area contributed by atoms with Crippen molar-refractivity contribution >= 4 is 28.7 Å². The number of nitrogen functional groups attached to an aromatic ring is 1. The van der Waals surface area contributed by atoms with E-state index in [1.807, 2.05) is 49.4 Å². The van der Waals surface area contributed by atoms with Crippen LogP contribution < -0.4 is 5.73 Å². The van der Waals surface area contributed by atoms with Gasteiger partial charge in [0.1, 0.15) is 5.01 Å². The second-order valence-electron chi connectivity index (χ2n) is 5.66. The molecule has 0 saturated carbocycles. The highest BCUT2D eigenvalue weighted by molar-refractivity contribution is 7.17. The van der Waals surface area contributed by atoms with E-state index >= 15 is 0 Å². The molecule has 3 rings (SSSR count). The van der Waals surface area contributed by atoms with Crippen LogP contribution in [0.4, 0.5) is 5.69 Å². The molecule has 0 bridgehead atoms. The Morgan fingerprint density at radius 2 is 1.92 bits per heavy atom. The lowest BCUT2D eigenvalue weighted by Gasteiger charge is -2.09. The predicted molar refractivity (Wildman–Crippen MR) is 105 cm³/mol. The van der Waals surface area contributed by atoms with Crippen molar-refractivity contribution in [2.75, 3.05) is 12.8 Å². The van der Waals surface area contributed by atoms with E-state index in [-0.39, 0.29) is 11.4 Å². The number of hydrogen-bond acceptors (Lipinski definition) is 6. The van der Waals surface area contributed by atoms with Crippen LogP contribution in [0, 0.1) is 5.41 Å². The lowest BCUT2D eigenvalue weighted by molar-refractivity contribution is 0.0596. The Balaban J connectivity index is 2.11. The minimum Gasteiger partial charge on any atom is -0.464 e. The largest absolute Gasteiger partial charge is 0.464 e. The van der Waals surface area contributed by atoms with Gasteiger partial charge in [0.2, 0.25) is 0 Å². The molecule has 0 spiro atoms. The summed E-state index contributed by atoms with van der Waals surface area (Å²) >= 11 is 1.29. The second-order valence-corrected chi connectivity index (χ2v) is 6.66. The van der Waals surface area contributed by atoms with E-state index in [2.05, 4.69) is 4.98 Å². The smallest absolute Gasteiger partial charge is 0.358 e. The van der Waals surface area contributed by atoms with Crippen LogP contribution in [-0.2, 0) is 11.2 Å². The maximum atomic E-state index is 12.2. The summed E-state index contributed by atoms with van der Waals surface area (Å²) in [7, 11) is 1.32. The number of nitrogens with one attached hydrogen (secondary N) is 1. The van der Waals surface area contributed by atoms with Gasteiger partial charge in [-0.1, -0.05) is 55.5 Å². The van der Waals surface area contributed by atoms with Gasteiger partial charge in [0.05, 0.1) is 17.7 Å². The van der Waals surface area contributed by atoms with E-state index in [1.54, 1.807) is 6.07 Å². The zero-order valence-electron chi connectivity index (χ0n) is 14.6. The number of nitrogens with zero attached hydrogens (tertiary/aromatic N) is 1. The molecule has 0 aliphatic rings. The van der Waals surface area contributed by atoms with Crippen LogP contribution in [0.2, 0.25) is 0 Å². The summed E-state index contributed by atoms with van der Waals surface area (Å²) in [5.74, 6) is -0.519. The Morgan fingerprint density at radius 3 is 2.58 bits per heavy atom. The van der Waals surface area contributed by atoms with Crippen LogP contribution in [0.1, 0.15) is 33.5 Å². The number of methoxy groups -OCH3 is 1. The number of esters is 1. The maximum absolute atomic E-state index is 12.2. The van der Waals surface area contributed by atoms with Gasteiger partial charge in [0.15, 0.2) is 5.69 Å². The molecular formula is C20H19N3O2S. The van der Waals surface area contributed by atoms with Crippen LogP contribution in [0.25, 0.3) is 10.4 Å². The summed E-state index contributed by atoms with van der Waals surface area (Å²) in [6.07, 6.45) is 0.785. The van der Waals surface area contributed by atoms with Crippen molar-refractivity contribution < 1.29 is 9.53 Å². The van der Waals surface area contributed by atoms with Gasteiger partial charge in [-0.05, 0) is 17.5 Å². The van der Waals surface area contributed by atoms with E-state index in [4.69, 9.17) is 15.9 Å². The fourth-order valence-electron chi connectivity index (χ4n) is 2.70. The van der Waals surface area contributed by atoms with Gasteiger partial charge < -0.3 is 10.5 Å². The zero-order chi connectivity index (χ0) is 18.7. The molecule has 0 fully saturated rings. The summed E-state index contributed by atoms with van der Waals surface area (Å²) in [6, 6.07) is 15.1. The highest BCUT2D eigenvalue weighted by Gasteiger charge is 2.23. The SMILES string of the molecule is CCc1cccc(C(=N)c2nc(C(=O)OC)c(-c3ccccc3)s2)c1N. The van der Waals surface area contributed by atoms with Gasteiger partial charge in [0.25, 0.3) is 0 Å². The number of nitrogens with two attached hydrogens (primary N) is 1. The average Bonchev–Trinajstić information content (AvgIpc) is 3.13. The lowest BCUT2D eigenvalue weighted by Crippen LogP contribution is -2.08. The van der Waals surface area contributed by atoms with Crippen molar-refractivity contribution in [2.45, 2.75) is 13.3 Å². The van der Waals surface area contributed by atoms with Crippen molar-refractivity contribution in [3.8, 4) is 10.4 Å². The fourth-order valence-corrected chi connectivity index (χ4v) is 3.72. The number of rotatable bonds is 5. The quantitative estimate of drug-likeness (QED) is 0.404. The highest BCUT2D eigenvalue weighted by Crippen LogP contribution is 2.33. The first-order valence-electron chi connectivity index (χ1n) is 8.18. The molecule has 0 amide bonds. The minimum absolute atomic E-state index is 0.204. The normalized spacial score (nSPS) is 10.5. The molecule has 26 heavy (non-hydrogen) atoms. The minimum atomic E-state index is -0.519. The molecule has 2 aromatic carbocycles. The number of benzene rings is 2. The molecule has 6 heteroatoms. The highest BCUT2D eigenvalue weighted by atomic mass is 32.1. The molecule has 1 heterocycles. The summed E-state index contributed by atoms with van der Waals surface area (Å²) in [5.41, 5.74) is 9.69. The Hall–Kier alpha value is -2.99. The van der Waals surface area contributed by atoms with Crippen molar-refractivity contribution in [1.82, 2.24) is 4.98 Å². The van der Waals surface area contributed by atoms with Gasteiger partial charge in [-0.2, -0.15) is 0 Å². The first-order chi connectivity index (χ1) is 12.6. The van der Waals surface area contributed by atoms with Crippen molar-refractivity contribution in [3.05, 3.63) is 70.4 Å². The standard InChI is InChI=1S/C20H19N3O2S/c1-3-12-10-7-11-14(15(12)21)16(22)19-23-17(20(24)25-2)18(26-19)13-8-5-4-6-9-13/h4-11,22H,3,21H2,1-2H3. The third kappa shape index (κ3) is 3.23. The summed E-state index contributed by atoms with van der Waals surface area (Å²) in [5, 5.41) is 9.00. The molecule has 0 aliphatic heterocycles. The van der Waals surface area contributed by atoms with Gasteiger partial charge in [-0.15, -0.1) is 11.3 Å². The van der Waals surface area contributed by atoms with Crippen molar-refractivity contribution in [2.24, 2.45) is 0 Å². The fraction of sp³-hybridized carbons (Fsp3) is 0.150. The molecule has 132 valence electrons. The van der Waals surface area contributed by atoms with E-state index in [9.17, 15) is 4.79 Å². The van der Waals surface area contributed by atoms with Gasteiger partial charge in [0, 0.05) is 11.3 Å². The van der Waals surface area contributed by atoms with E-state index < -0.39 is 5.97 Å². The Kier molecular flexibility index (Phi) is 5.14. The molecule has 3 N–H and O–H groups in total. The van der Waals surface area contributed by atoms with Crippen molar-refractivity contribution in [3.63, 3.8) is 0 Å². The van der Waals surface area contributed by atoms with Crippen LogP contribution in [0.5, 0.6) is 0 Å². The zero-order valence-corrected chi connectivity index (χ0v) is 15.4. The number of ether oxygens (including phenoxy) is 1. The molecule has 3 aromatic rings. The number of hydrogen-bond donors (Lipinski definition) is 2. The summed E-state index contributed by atoms with van der Waals surface area (Å²) in [4.78, 5) is 17.3. The summed E-state index contributed by atoms with van der Waals surface area (Å²) < 4.78 is 4.87. The third-order valence-corrected chi connectivity index (χ3v) is 5.22. The molecule has 0 aliphatic carbocycles. The third-order valence-electron chi connectivity index (χ3n) is 4.10. The van der Waals surface area contributed by atoms with Crippen molar-refractivity contribution in [1.29, 1.82) is 5.41 Å². The van der Waals surface area contributed by atoms with E-state index in [1.165, 1.54) is 18.4 Å². The molecule has 0 atom stereocenters. The molecule has 0 saturated heterocycles. The molecule has 0 radical (unpaired) electrons. The Morgan fingerprint density at radius 1 is 1.19 bits per heavy atom. The number of carbonyl (C=O) groups is 1. The monoisotopic (exact) mass is 365 g/mol. The van der Waals surface area contributed by atoms with E-state index in [0.717, 1.165) is 17.5 Å². The topological polar surface area (TPSA) is 89.1 Å². The summed E-state index contributed by atoms with van der Waals surface area (Å²) in [6.45, 7) is 2.02. The van der Waals surface area contributed by atoms with Crippen LogP contribution in [0.15, 0.2) is 48.5 Å². The average molecular weight is 365 g/mol. The van der Waals surface area contributed by atoms with Crippen LogP contribution >= 0.6 is 11.3 Å². The number of para-hydroxylation sites is 1. The number of carbonyl (C=O) groups excluding carboxylic acids is 1. The second kappa shape index (κ2) is 7.49. The van der Waals surface area contributed by atoms with Crippen LogP contribution in [0.3, 0.4) is 0 Å². The lowest BCUT2D eigenvalue weighted by atomic mass is 10.0. The van der Waals surface area contributed by atoms with E-state index in [0.29, 0.717) is 21.1 Å². The van der Waals surface area contributed by atoms with Gasteiger partial charge in [-0.25, -0.2) is 9.78 Å². The molecule has 0 unspecified atom stereocenters. The number of anilines is 1. The maximum Gasteiger partial charge on any atom is 0.358 e. The van der Waals surface area contributed by atoms with Crippen LogP contribution in [-0.4, -0.2) is 23.8 Å². The van der Waals surface area contributed by atoms with Gasteiger partial charge >= 0.3 is 5.97 Å². The number of aryl methyl sites for hydroxylation is 1. The predicted octanol–water partition coefficient (Wildman–Crippen LogP) is 4.16. The molecule has 1 aromatic heterocycles. The first kappa shape index (κ1) is 17.8. The van der Waals surface area contributed by atoms with Gasteiger partial charge in [-0.3, -0.25) is 5.41 Å².